The number of allylic oxidation sites excluding steroid dienone is 1. The first kappa shape index (κ1) is 21.7. The lowest BCUT2D eigenvalue weighted by Crippen LogP contribution is -2.20. The highest BCUT2D eigenvalue weighted by atomic mass is 35.5. The molecular weight excluding hydrogens is 422 g/mol. The van der Waals surface area contributed by atoms with Crippen LogP contribution in [0.2, 0.25) is 5.02 Å². The molecule has 1 amide bonds. The molecule has 4 aromatic rings. The van der Waals surface area contributed by atoms with Gasteiger partial charge in [0.2, 0.25) is 5.91 Å². The van der Waals surface area contributed by atoms with E-state index in [0.29, 0.717) is 23.9 Å². The van der Waals surface area contributed by atoms with Crippen LogP contribution in [0, 0.1) is 0 Å². The molecule has 5 heteroatoms. The number of halogens is 1. The molecule has 1 N–H and O–H groups in total. The molecular formula is C27H24ClNO3. The average Bonchev–Trinajstić information content (AvgIpc) is 3.21. The molecule has 0 spiro atoms. The van der Waals surface area contributed by atoms with Gasteiger partial charge in [-0.3, -0.25) is 4.79 Å². The number of ether oxygens (including phenoxy) is 1. The van der Waals surface area contributed by atoms with E-state index in [1.807, 2.05) is 80.6 Å². The van der Waals surface area contributed by atoms with Gasteiger partial charge in [-0.05, 0) is 42.7 Å². The zero-order chi connectivity index (χ0) is 22.5. The molecule has 0 aliphatic heterocycles. The predicted octanol–water partition coefficient (Wildman–Crippen LogP) is 6.87. The summed E-state index contributed by atoms with van der Waals surface area (Å²) in [5.74, 6) is 0.488. The molecule has 162 valence electrons. The molecule has 0 saturated carbocycles. The summed E-state index contributed by atoms with van der Waals surface area (Å²) in [6.45, 7) is 4.71. The third kappa shape index (κ3) is 4.71. The fourth-order valence-electron chi connectivity index (χ4n) is 3.63. The Balaban J connectivity index is 1.65. The molecule has 1 aromatic heterocycles. The third-order valence-electron chi connectivity index (χ3n) is 5.24. The molecule has 0 unspecified atom stereocenters. The van der Waals surface area contributed by atoms with Crippen LogP contribution in [0.25, 0.3) is 27.7 Å². The Labute approximate surface area is 192 Å². The van der Waals surface area contributed by atoms with Gasteiger partial charge in [0.05, 0.1) is 12.9 Å². The monoisotopic (exact) mass is 445 g/mol. The zero-order valence-corrected chi connectivity index (χ0v) is 18.8. The maximum Gasteiger partial charge on any atom is 0.244 e. The third-order valence-corrected chi connectivity index (χ3v) is 5.61. The quantitative estimate of drug-likeness (QED) is 0.316. The molecule has 4 rings (SSSR count). The van der Waals surface area contributed by atoms with Crippen molar-refractivity contribution in [2.45, 2.75) is 20.4 Å². The number of benzene rings is 3. The second-order valence-corrected chi connectivity index (χ2v) is 7.84. The highest BCUT2D eigenvalue weighted by Gasteiger charge is 2.15. The first-order valence-corrected chi connectivity index (χ1v) is 10.9. The zero-order valence-electron chi connectivity index (χ0n) is 18.0. The highest BCUT2D eigenvalue weighted by Crippen LogP contribution is 2.37. The van der Waals surface area contributed by atoms with E-state index in [-0.39, 0.29) is 5.91 Å². The van der Waals surface area contributed by atoms with Crippen molar-refractivity contribution in [2.75, 3.05) is 6.61 Å². The molecule has 32 heavy (non-hydrogen) atoms. The molecule has 4 nitrogen and oxygen atoms in total. The number of nitrogens with one attached hydrogen (secondary N) is 1. The fraction of sp³-hybridized carbons (Fsp3) is 0.148. The largest absolute Gasteiger partial charge is 0.493 e. The summed E-state index contributed by atoms with van der Waals surface area (Å²) in [4.78, 5) is 12.6. The van der Waals surface area contributed by atoms with E-state index < -0.39 is 0 Å². The van der Waals surface area contributed by atoms with Crippen LogP contribution in [0.4, 0.5) is 0 Å². The first-order chi connectivity index (χ1) is 15.6. The number of rotatable bonds is 7. The van der Waals surface area contributed by atoms with Crippen LogP contribution < -0.4 is 10.1 Å². The van der Waals surface area contributed by atoms with Crippen LogP contribution in [-0.4, -0.2) is 12.5 Å². The number of hydrogen-bond acceptors (Lipinski definition) is 3. The standard InChI is InChI=1S/C27H24ClNO3/c1-3-31-25-15-26-22(23(17-32-26)19-9-5-4-6-10-19)14-21(25)18(2)13-27(30)29-16-20-11-7-8-12-24(20)28/h4-15,17H,3,16H2,1-2H3,(H,29,30)/b18-13+. The van der Waals surface area contributed by atoms with E-state index in [0.717, 1.165) is 38.8 Å². The molecule has 0 radical (unpaired) electrons. The smallest absolute Gasteiger partial charge is 0.244 e. The van der Waals surface area contributed by atoms with Gasteiger partial charge in [-0.15, -0.1) is 0 Å². The second kappa shape index (κ2) is 9.75. The van der Waals surface area contributed by atoms with Crippen LogP contribution >= 0.6 is 11.6 Å². The van der Waals surface area contributed by atoms with Gasteiger partial charge in [-0.1, -0.05) is 60.1 Å². The van der Waals surface area contributed by atoms with Crippen molar-refractivity contribution in [1.29, 1.82) is 0 Å². The van der Waals surface area contributed by atoms with Gasteiger partial charge in [-0.2, -0.15) is 0 Å². The van der Waals surface area contributed by atoms with Crippen molar-refractivity contribution >= 4 is 34.1 Å². The van der Waals surface area contributed by atoms with Gasteiger partial charge in [0, 0.05) is 40.2 Å². The van der Waals surface area contributed by atoms with Gasteiger partial charge in [-0.25, -0.2) is 0 Å². The van der Waals surface area contributed by atoms with Crippen molar-refractivity contribution in [1.82, 2.24) is 5.32 Å². The summed E-state index contributed by atoms with van der Waals surface area (Å²) in [7, 11) is 0. The second-order valence-electron chi connectivity index (χ2n) is 7.43. The summed E-state index contributed by atoms with van der Waals surface area (Å²) in [5, 5.41) is 4.50. The summed E-state index contributed by atoms with van der Waals surface area (Å²) in [6.07, 6.45) is 3.34. The first-order valence-electron chi connectivity index (χ1n) is 10.5. The van der Waals surface area contributed by atoms with E-state index in [4.69, 9.17) is 20.8 Å². The van der Waals surface area contributed by atoms with Crippen molar-refractivity contribution in [3.05, 3.63) is 95.2 Å². The molecule has 1 heterocycles. The lowest BCUT2D eigenvalue weighted by Gasteiger charge is -2.12. The van der Waals surface area contributed by atoms with Crippen LogP contribution in [-0.2, 0) is 11.3 Å². The topological polar surface area (TPSA) is 51.5 Å². The maximum absolute atomic E-state index is 12.6. The number of amides is 1. The molecule has 0 fully saturated rings. The Morgan fingerprint density at radius 3 is 2.59 bits per heavy atom. The highest BCUT2D eigenvalue weighted by molar-refractivity contribution is 6.31. The molecule has 0 aliphatic carbocycles. The van der Waals surface area contributed by atoms with Crippen LogP contribution in [0.1, 0.15) is 25.0 Å². The number of carbonyl (C=O) groups is 1. The normalized spacial score (nSPS) is 11.5. The van der Waals surface area contributed by atoms with Crippen LogP contribution in [0.15, 0.2) is 83.5 Å². The average molecular weight is 446 g/mol. The van der Waals surface area contributed by atoms with E-state index in [2.05, 4.69) is 5.32 Å². The van der Waals surface area contributed by atoms with E-state index >= 15 is 0 Å². The van der Waals surface area contributed by atoms with Crippen molar-refractivity contribution in [3.63, 3.8) is 0 Å². The van der Waals surface area contributed by atoms with E-state index in [9.17, 15) is 4.79 Å². The minimum Gasteiger partial charge on any atom is -0.493 e. The van der Waals surface area contributed by atoms with E-state index in [1.165, 1.54) is 0 Å². The predicted molar refractivity (Wildman–Crippen MR) is 130 cm³/mol. The van der Waals surface area contributed by atoms with E-state index in [1.54, 1.807) is 12.3 Å². The molecule has 0 bridgehead atoms. The Kier molecular flexibility index (Phi) is 6.62. The Morgan fingerprint density at radius 1 is 1.09 bits per heavy atom. The lowest BCUT2D eigenvalue weighted by molar-refractivity contribution is -0.116. The number of carbonyl (C=O) groups excluding carboxylic acids is 1. The number of furan rings is 1. The number of fused-ring (bicyclic) bond motifs is 1. The summed E-state index contributed by atoms with van der Waals surface area (Å²) >= 11 is 6.18. The van der Waals surface area contributed by atoms with Crippen LogP contribution in [0.5, 0.6) is 5.75 Å². The summed E-state index contributed by atoms with van der Waals surface area (Å²) < 4.78 is 11.7. The van der Waals surface area contributed by atoms with Gasteiger partial charge in [0.15, 0.2) is 0 Å². The van der Waals surface area contributed by atoms with Crippen molar-refractivity contribution in [3.8, 4) is 16.9 Å². The van der Waals surface area contributed by atoms with Gasteiger partial charge < -0.3 is 14.5 Å². The molecule has 0 saturated heterocycles. The minimum atomic E-state index is -0.194. The molecule has 0 atom stereocenters. The van der Waals surface area contributed by atoms with Crippen molar-refractivity contribution < 1.29 is 13.9 Å². The van der Waals surface area contributed by atoms with Crippen LogP contribution in [0.3, 0.4) is 0 Å². The Morgan fingerprint density at radius 2 is 1.84 bits per heavy atom. The molecule has 3 aromatic carbocycles. The van der Waals surface area contributed by atoms with Gasteiger partial charge in [0.25, 0.3) is 0 Å². The maximum atomic E-state index is 12.6. The molecule has 0 aliphatic rings. The summed E-state index contributed by atoms with van der Waals surface area (Å²) in [5.41, 5.74) is 5.34. The Hall–Kier alpha value is -3.50. The number of hydrogen-bond donors (Lipinski definition) is 1. The minimum absolute atomic E-state index is 0.194. The van der Waals surface area contributed by atoms with Gasteiger partial charge >= 0.3 is 0 Å². The van der Waals surface area contributed by atoms with Gasteiger partial charge in [0.1, 0.15) is 11.3 Å². The van der Waals surface area contributed by atoms with Crippen molar-refractivity contribution in [2.24, 2.45) is 0 Å². The SMILES string of the molecule is CCOc1cc2occ(-c3ccccc3)c2cc1/C(C)=C/C(=O)NCc1ccccc1Cl. The fourth-order valence-corrected chi connectivity index (χ4v) is 3.83. The summed E-state index contributed by atoms with van der Waals surface area (Å²) in [6, 6.07) is 21.5. The lowest BCUT2D eigenvalue weighted by atomic mass is 9.99. The Bertz CT molecular complexity index is 1270.